The third kappa shape index (κ3) is 3.23. The molecule has 0 saturated heterocycles. The first-order chi connectivity index (χ1) is 13.0. The van der Waals surface area contributed by atoms with Crippen LogP contribution in [0, 0.1) is 0 Å². The zero-order valence-corrected chi connectivity index (χ0v) is 15.4. The number of carboxylic acids is 1. The molecule has 7 heteroatoms. The third-order valence-electron chi connectivity index (χ3n) is 4.15. The van der Waals surface area contributed by atoms with Gasteiger partial charge < -0.3 is 10.4 Å². The highest BCUT2D eigenvalue weighted by Crippen LogP contribution is 2.35. The Kier molecular flexibility index (Phi) is 4.48. The molecular weight excluding hydrogens is 385 g/mol. The maximum absolute atomic E-state index is 11.1. The minimum Gasteiger partial charge on any atom is -0.478 e. The summed E-state index contributed by atoms with van der Waals surface area (Å²) in [7, 11) is 0. The number of carbonyl (C=O) groups is 1. The van der Waals surface area contributed by atoms with Crippen LogP contribution in [0.25, 0.3) is 16.6 Å². The number of para-hydroxylation sites is 2. The van der Waals surface area contributed by atoms with E-state index in [1.54, 1.807) is 47.1 Å². The zero-order valence-electron chi connectivity index (χ0n) is 13.9. The second-order valence-corrected chi connectivity index (χ2v) is 6.67. The summed E-state index contributed by atoms with van der Waals surface area (Å²) in [5.41, 5.74) is 2.41. The molecule has 134 valence electrons. The van der Waals surface area contributed by atoms with Crippen LogP contribution in [0.4, 0.5) is 11.5 Å². The van der Waals surface area contributed by atoms with Gasteiger partial charge in [0.25, 0.3) is 0 Å². The monoisotopic (exact) mass is 397 g/mol. The van der Waals surface area contributed by atoms with Crippen molar-refractivity contribution >= 4 is 51.6 Å². The second kappa shape index (κ2) is 6.95. The first kappa shape index (κ1) is 17.4. The van der Waals surface area contributed by atoms with Crippen LogP contribution < -0.4 is 5.32 Å². The highest BCUT2D eigenvalue weighted by molar-refractivity contribution is 6.39. The zero-order chi connectivity index (χ0) is 19.0. The average Bonchev–Trinajstić information content (AvgIpc) is 3.04. The van der Waals surface area contributed by atoms with E-state index >= 15 is 0 Å². The smallest absolute Gasteiger partial charge is 0.335 e. The molecule has 0 atom stereocenters. The van der Waals surface area contributed by atoms with E-state index in [0.29, 0.717) is 21.6 Å². The maximum Gasteiger partial charge on any atom is 0.335 e. The Morgan fingerprint density at radius 1 is 0.926 bits per heavy atom. The molecule has 0 aliphatic rings. The number of aromatic nitrogens is 2. The molecule has 0 aliphatic heterocycles. The van der Waals surface area contributed by atoms with Crippen molar-refractivity contribution in [1.82, 2.24) is 9.78 Å². The van der Waals surface area contributed by atoms with Crippen molar-refractivity contribution in [2.45, 2.75) is 0 Å². The SMILES string of the molecule is O=C(O)c1ccc(-n2nc(Nc3c(Cl)cccc3Cl)c3ccccc32)cc1. The van der Waals surface area contributed by atoms with E-state index < -0.39 is 5.97 Å². The molecule has 5 nitrogen and oxygen atoms in total. The largest absolute Gasteiger partial charge is 0.478 e. The first-order valence-corrected chi connectivity index (χ1v) is 8.83. The Morgan fingerprint density at radius 3 is 2.26 bits per heavy atom. The number of benzene rings is 3. The fraction of sp³-hybridized carbons (Fsp3) is 0. The molecule has 0 amide bonds. The molecule has 0 bridgehead atoms. The first-order valence-electron chi connectivity index (χ1n) is 8.07. The number of nitrogens with zero attached hydrogens (tertiary/aromatic N) is 2. The van der Waals surface area contributed by atoms with Gasteiger partial charge in [-0.3, -0.25) is 0 Å². The lowest BCUT2D eigenvalue weighted by molar-refractivity contribution is 0.0697. The fourth-order valence-electron chi connectivity index (χ4n) is 2.84. The van der Waals surface area contributed by atoms with Gasteiger partial charge in [0.1, 0.15) is 0 Å². The summed E-state index contributed by atoms with van der Waals surface area (Å²) in [6.45, 7) is 0. The standard InChI is InChI=1S/C20H13Cl2N3O2/c21-15-5-3-6-16(22)18(15)23-19-14-4-1-2-7-17(14)25(24-19)13-10-8-12(9-11-13)20(26)27/h1-11H,(H,23,24)(H,26,27). The van der Waals surface area contributed by atoms with Gasteiger partial charge in [-0.05, 0) is 48.5 Å². The van der Waals surface area contributed by atoms with Crippen LogP contribution in [-0.2, 0) is 0 Å². The Hall–Kier alpha value is -3.02. The van der Waals surface area contributed by atoms with E-state index in [1.165, 1.54) is 0 Å². The van der Waals surface area contributed by atoms with E-state index in [9.17, 15) is 4.79 Å². The number of halogens is 2. The van der Waals surface area contributed by atoms with E-state index in [4.69, 9.17) is 28.3 Å². The summed E-state index contributed by atoms with van der Waals surface area (Å²) in [5, 5.41) is 18.8. The summed E-state index contributed by atoms with van der Waals surface area (Å²) in [4.78, 5) is 11.1. The van der Waals surface area contributed by atoms with E-state index in [0.717, 1.165) is 16.6 Å². The molecule has 0 aliphatic carbocycles. The number of aromatic carboxylic acids is 1. The molecule has 0 spiro atoms. The van der Waals surface area contributed by atoms with Crippen LogP contribution in [-0.4, -0.2) is 20.9 Å². The van der Waals surface area contributed by atoms with Crippen LogP contribution >= 0.6 is 23.2 Å². The van der Waals surface area contributed by atoms with Crippen LogP contribution in [0.15, 0.2) is 66.7 Å². The lowest BCUT2D eigenvalue weighted by Gasteiger charge is -2.08. The summed E-state index contributed by atoms with van der Waals surface area (Å²) in [6.07, 6.45) is 0. The van der Waals surface area contributed by atoms with Crippen molar-refractivity contribution in [2.24, 2.45) is 0 Å². The minimum atomic E-state index is -0.970. The lowest BCUT2D eigenvalue weighted by Crippen LogP contribution is -2.00. The molecule has 2 N–H and O–H groups in total. The highest BCUT2D eigenvalue weighted by Gasteiger charge is 2.14. The number of fused-ring (bicyclic) bond motifs is 1. The average molecular weight is 398 g/mol. The number of hydrogen-bond donors (Lipinski definition) is 2. The van der Waals surface area contributed by atoms with Gasteiger partial charge in [-0.15, -0.1) is 5.10 Å². The van der Waals surface area contributed by atoms with Crippen LogP contribution in [0.1, 0.15) is 10.4 Å². The molecule has 4 aromatic rings. The molecular formula is C20H13Cl2N3O2. The predicted octanol–water partition coefficient (Wildman–Crippen LogP) is 5.77. The summed E-state index contributed by atoms with van der Waals surface area (Å²) in [5.74, 6) is -0.370. The number of carboxylic acid groups (broad SMARTS) is 1. The predicted molar refractivity (Wildman–Crippen MR) is 108 cm³/mol. The van der Waals surface area contributed by atoms with Crippen molar-refractivity contribution in [3.63, 3.8) is 0 Å². The molecule has 3 aromatic carbocycles. The third-order valence-corrected chi connectivity index (χ3v) is 4.78. The number of anilines is 2. The van der Waals surface area contributed by atoms with E-state index in [1.807, 2.05) is 24.3 Å². The minimum absolute atomic E-state index is 0.219. The van der Waals surface area contributed by atoms with Gasteiger partial charge in [-0.2, -0.15) is 0 Å². The normalized spacial score (nSPS) is 10.9. The summed E-state index contributed by atoms with van der Waals surface area (Å²) in [6, 6.07) is 19.5. The quantitative estimate of drug-likeness (QED) is 0.458. The van der Waals surface area contributed by atoms with Gasteiger partial charge in [0.15, 0.2) is 5.82 Å². The molecule has 0 fully saturated rings. The molecule has 1 aromatic heterocycles. The maximum atomic E-state index is 11.1. The van der Waals surface area contributed by atoms with Crippen molar-refractivity contribution in [3.8, 4) is 5.69 Å². The van der Waals surface area contributed by atoms with Gasteiger partial charge >= 0.3 is 5.97 Å². The van der Waals surface area contributed by atoms with Gasteiger partial charge in [0.05, 0.1) is 32.5 Å². The van der Waals surface area contributed by atoms with Crippen molar-refractivity contribution in [1.29, 1.82) is 0 Å². The van der Waals surface area contributed by atoms with Crippen LogP contribution in [0.3, 0.4) is 0 Å². The van der Waals surface area contributed by atoms with Crippen LogP contribution in [0.2, 0.25) is 10.0 Å². The van der Waals surface area contributed by atoms with Gasteiger partial charge in [-0.1, -0.05) is 41.4 Å². The number of rotatable bonds is 4. The Morgan fingerprint density at radius 2 is 1.59 bits per heavy atom. The summed E-state index contributed by atoms with van der Waals surface area (Å²) >= 11 is 12.5. The molecule has 4 rings (SSSR count). The fourth-order valence-corrected chi connectivity index (χ4v) is 3.33. The van der Waals surface area contributed by atoms with Gasteiger partial charge in [0.2, 0.25) is 0 Å². The van der Waals surface area contributed by atoms with Crippen LogP contribution in [0.5, 0.6) is 0 Å². The Bertz CT molecular complexity index is 1130. The van der Waals surface area contributed by atoms with E-state index in [2.05, 4.69) is 10.4 Å². The molecule has 0 unspecified atom stereocenters. The van der Waals surface area contributed by atoms with Crippen molar-refractivity contribution in [3.05, 3.63) is 82.3 Å². The Labute approximate surface area is 164 Å². The van der Waals surface area contributed by atoms with Crippen molar-refractivity contribution < 1.29 is 9.90 Å². The Balaban J connectivity index is 1.83. The van der Waals surface area contributed by atoms with Crippen molar-refractivity contribution in [2.75, 3.05) is 5.32 Å². The molecule has 0 radical (unpaired) electrons. The molecule has 0 saturated carbocycles. The topological polar surface area (TPSA) is 67.1 Å². The number of hydrogen-bond acceptors (Lipinski definition) is 3. The number of nitrogens with one attached hydrogen (secondary N) is 1. The molecule has 27 heavy (non-hydrogen) atoms. The summed E-state index contributed by atoms with van der Waals surface area (Å²) < 4.78 is 1.74. The highest BCUT2D eigenvalue weighted by atomic mass is 35.5. The van der Waals surface area contributed by atoms with E-state index in [-0.39, 0.29) is 5.56 Å². The van der Waals surface area contributed by atoms with Gasteiger partial charge in [0, 0.05) is 5.39 Å². The molecule has 1 heterocycles. The lowest BCUT2D eigenvalue weighted by atomic mass is 10.2. The second-order valence-electron chi connectivity index (χ2n) is 5.85. The van der Waals surface area contributed by atoms with Gasteiger partial charge in [-0.25, -0.2) is 9.48 Å².